The van der Waals surface area contributed by atoms with Gasteiger partial charge in [-0.2, -0.15) is 0 Å². The number of rotatable bonds is 6. The number of amides is 1. The van der Waals surface area contributed by atoms with Crippen molar-refractivity contribution >= 4 is 44.8 Å². The highest BCUT2D eigenvalue weighted by Gasteiger charge is 2.44. The average Bonchev–Trinajstić information content (AvgIpc) is 3.03. The third kappa shape index (κ3) is 3.81. The van der Waals surface area contributed by atoms with Gasteiger partial charge in [-0.05, 0) is 37.6 Å². The van der Waals surface area contributed by atoms with Crippen LogP contribution in [-0.2, 0) is 0 Å². The molecular weight excluding hydrogens is 468 g/mol. The molecule has 0 N–H and O–H groups in total. The Morgan fingerprint density at radius 2 is 1.67 bits per heavy atom. The van der Waals surface area contributed by atoms with E-state index in [0.717, 1.165) is 10.0 Å². The Kier molecular flexibility index (Phi) is 6.47. The van der Waals surface area contributed by atoms with E-state index in [1.165, 1.54) is 21.3 Å². The first-order valence-electron chi connectivity index (χ1n) is 9.34. The van der Waals surface area contributed by atoms with Crippen LogP contribution in [0.15, 0.2) is 45.9 Å². The molecule has 30 heavy (non-hydrogen) atoms. The fourth-order valence-corrected chi connectivity index (χ4v) is 4.05. The summed E-state index contributed by atoms with van der Waals surface area (Å²) >= 11 is 9.15. The Hall–Kier alpha value is -2.45. The number of carbonyl (C=O) groups is 1. The maximum atomic E-state index is 13.6. The third-order valence-corrected chi connectivity index (χ3v) is 6.05. The fraction of sp³-hybridized carbons (Fsp3) is 0.318. The van der Waals surface area contributed by atoms with Crippen LogP contribution in [0.2, 0.25) is 0 Å². The number of benzene rings is 2. The van der Waals surface area contributed by atoms with Crippen LogP contribution in [0.3, 0.4) is 0 Å². The highest BCUT2D eigenvalue weighted by atomic mass is 79.9. The van der Waals surface area contributed by atoms with Crippen LogP contribution in [0.4, 0.5) is 0 Å². The number of hydrogen-bond acceptors (Lipinski definition) is 6. The molecule has 0 bridgehead atoms. The van der Waals surface area contributed by atoms with Gasteiger partial charge >= 0.3 is 0 Å². The van der Waals surface area contributed by atoms with E-state index in [1.807, 2.05) is 38.1 Å². The van der Waals surface area contributed by atoms with Crippen LogP contribution < -0.4 is 14.2 Å². The van der Waals surface area contributed by atoms with E-state index in [1.54, 1.807) is 17.0 Å². The molecule has 1 amide bonds. The summed E-state index contributed by atoms with van der Waals surface area (Å²) in [4.78, 5) is 20.4. The van der Waals surface area contributed by atoms with Gasteiger partial charge in [0.1, 0.15) is 16.4 Å². The fourth-order valence-electron chi connectivity index (χ4n) is 3.34. The van der Waals surface area contributed by atoms with E-state index in [9.17, 15) is 4.79 Å². The molecular formula is C22H23BrN2O4S. The molecule has 0 fully saturated rings. The van der Waals surface area contributed by atoms with Crippen LogP contribution in [0.1, 0.15) is 36.2 Å². The van der Waals surface area contributed by atoms with Gasteiger partial charge in [0.25, 0.3) is 5.91 Å². The molecule has 2 aromatic rings. The minimum Gasteiger partial charge on any atom is -0.493 e. The van der Waals surface area contributed by atoms with Gasteiger partial charge in [-0.25, -0.2) is 0 Å². The molecule has 1 atom stereocenters. The van der Waals surface area contributed by atoms with Crippen LogP contribution in [0.5, 0.6) is 17.2 Å². The lowest BCUT2D eigenvalue weighted by Crippen LogP contribution is -2.47. The smallest absolute Gasteiger partial charge is 0.261 e. The number of nitrogens with zero attached hydrogens (tertiary/aromatic N) is 2. The quantitative estimate of drug-likeness (QED) is 0.540. The molecule has 8 heteroatoms. The van der Waals surface area contributed by atoms with E-state index < -0.39 is 5.66 Å². The minimum atomic E-state index is -0.795. The summed E-state index contributed by atoms with van der Waals surface area (Å²) in [7, 11) is 4.54. The molecule has 0 spiro atoms. The Labute approximate surface area is 190 Å². The number of ether oxygens (including phenoxy) is 3. The summed E-state index contributed by atoms with van der Waals surface area (Å²) in [5.74, 6) is 0.945. The van der Waals surface area contributed by atoms with Gasteiger partial charge < -0.3 is 14.2 Å². The van der Waals surface area contributed by atoms with Crippen molar-refractivity contribution in [2.75, 3.05) is 21.3 Å². The zero-order chi connectivity index (χ0) is 22.1. The van der Waals surface area contributed by atoms with E-state index in [-0.39, 0.29) is 5.91 Å². The van der Waals surface area contributed by atoms with Gasteiger partial charge in [-0.3, -0.25) is 14.7 Å². The van der Waals surface area contributed by atoms with Crippen molar-refractivity contribution in [3.63, 3.8) is 0 Å². The summed E-state index contributed by atoms with van der Waals surface area (Å²) in [6.45, 7) is 3.88. The molecule has 2 aromatic carbocycles. The van der Waals surface area contributed by atoms with Crippen LogP contribution >= 0.6 is 28.1 Å². The molecule has 1 aliphatic heterocycles. The van der Waals surface area contributed by atoms with Crippen molar-refractivity contribution in [3.05, 3.63) is 52.0 Å². The lowest BCUT2D eigenvalue weighted by atomic mass is 10.1. The topological polar surface area (TPSA) is 60.4 Å². The van der Waals surface area contributed by atoms with Crippen LogP contribution in [0, 0.1) is 0 Å². The molecule has 158 valence electrons. The maximum Gasteiger partial charge on any atom is 0.261 e. The van der Waals surface area contributed by atoms with Crippen molar-refractivity contribution in [2.45, 2.75) is 25.9 Å². The first kappa shape index (κ1) is 22.2. The van der Waals surface area contributed by atoms with Gasteiger partial charge in [0.15, 0.2) is 11.5 Å². The molecule has 0 saturated carbocycles. The van der Waals surface area contributed by atoms with E-state index >= 15 is 0 Å². The predicted molar refractivity (Wildman–Crippen MR) is 124 cm³/mol. The van der Waals surface area contributed by atoms with Gasteiger partial charge in [0, 0.05) is 15.6 Å². The second-order valence-electron chi connectivity index (χ2n) is 6.90. The first-order chi connectivity index (χ1) is 14.3. The molecule has 0 radical (unpaired) electrons. The highest BCUT2D eigenvalue weighted by Crippen LogP contribution is 2.40. The molecule has 3 rings (SSSR count). The summed E-state index contributed by atoms with van der Waals surface area (Å²) in [5.41, 5.74) is 1.07. The number of thiocarbonyl (C=S) groups is 1. The molecule has 0 unspecified atom stereocenters. The Morgan fingerprint density at radius 3 is 2.13 bits per heavy atom. The zero-order valence-electron chi connectivity index (χ0n) is 17.5. The molecule has 1 heterocycles. The molecule has 6 nitrogen and oxygen atoms in total. The van der Waals surface area contributed by atoms with Gasteiger partial charge in [0.2, 0.25) is 5.75 Å². The van der Waals surface area contributed by atoms with Crippen LogP contribution in [-0.4, -0.2) is 48.5 Å². The maximum absolute atomic E-state index is 13.6. The van der Waals surface area contributed by atoms with Gasteiger partial charge in [-0.1, -0.05) is 47.2 Å². The molecule has 1 aliphatic rings. The van der Waals surface area contributed by atoms with E-state index in [2.05, 4.69) is 15.9 Å². The highest BCUT2D eigenvalue weighted by molar-refractivity contribution is 9.10. The van der Waals surface area contributed by atoms with Gasteiger partial charge in [0.05, 0.1) is 21.3 Å². The number of halogens is 1. The largest absolute Gasteiger partial charge is 0.493 e. The Morgan fingerprint density at radius 1 is 1.10 bits per heavy atom. The Balaban J connectivity index is 2.06. The number of methoxy groups -OCH3 is 3. The first-order valence-corrected chi connectivity index (χ1v) is 10.5. The number of carbonyl (C=O) groups excluding carboxylic acids is 1. The normalized spacial score (nSPS) is 18.3. The van der Waals surface area contributed by atoms with Crippen molar-refractivity contribution in [3.8, 4) is 17.2 Å². The predicted octanol–water partition coefficient (Wildman–Crippen LogP) is 4.87. The number of hydrogen-bond donors (Lipinski definition) is 0. The summed E-state index contributed by atoms with van der Waals surface area (Å²) in [5, 5.41) is 0. The van der Waals surface area contributed by atoms with E-state index in [0.29, 0.717) is 39.9 Å². The van der Waals surface area contributed by atoms with Crippen molar-refractivity contribution < 1.29 is 19.0 Å². The molecule has 0 aromatic heterocycles. The summed E-state index contributed by atoms with van der Waals surface area (Å²) in [6, 6.07) is 11.0. The molecule has 0 saturated heterocycles. The summed E-state index contributed by atoms with van der Waals surface area (Å²) < 4.78 is 17.1. The third-order valence-electron chi connectivity index (χ3n) is 5.14. The lowest BCUT2D eigenvalue weighted by Gasteiger charge is -2.32. The van der Waals surface area contributed by atoms with Crippen molar-refractivity contribution in [1.82, 2.24) is 4.90 Å². The molecule has 0 aliphatic carbocycles. The summed E-state index contributed by atoms with van der Waals surface area (Å²) in [6.07, 6.45) is 0.601. The SMILES string of the molecule is CC[C@]1(C)N=C(c2ccc(Br)cc2)C(=S)N1C(=O)c1cc(OC)c(OC)c(OC)c1. The Bertz CT molecular complexity index is 997. The van der Waals surface area contributed by atoms with Gasteiger partial charge in [-0.15, -0.1) is 0 Å². The monoisotopic (exact) mass is 490 g/mol. The lowest BCUT2D eigenvalue weighted by molar-refractivity contribution is 0.0733. The second kappa shape index (κ2) is 8.73. The minimum absolute atomic E-state index is 0.278. The standard InChI is InChI=1S/C22H23BrN2O4S/c1-6-22(2)24-18(13-7-9-15(23)10-8-13)21(30)25(22)20(26)14-11-16(27-3)19(29-5)17(12-14)28-4/h7-12H,6H2,1-5H3/t22-/m1/s1. The number of aliphatic imine (C=N–C) groups is 1. The second-order valence-corrected chi connectivity index (χ2v) is 8.20. The van der Waals surface area contributed by atoms with Crippen molar-refractivity contribution in [2.24, 2.45) is 4.99 Å². The van der Waals surface area contributed by atoms with Crippen molar-refractivity contribution in [1.29, 1.82) is 0 Å². The van der Waals surface area contributed by atoms with E-state index in [4.69, 9.17) is 31.4 Å². The zero-order valence-corrected chi connectivity index (χ0v) is 19.9. The average molecular weight is 491 g/mol. The van der Waals surface area contributed by atoms with Crippen LogP contribution in [0.25, 0.3) is 0 Å².